The summed E-state index contributed by atoms with van der Waals surface area (Å²) < 4.78 is 13.0. The number of thiazole rings is 1. The molecule has 1 amide bonds. The van der Waals surface area contributed by atoms with Gasteiger partial charge in [-0.3, -0.25) is 4.79 Å². The molecule has 1 aromatic heterocycles. The van der Waals surface area contributed by atoms with E-state index in [9.17, 15) is 9.18 Å². The molecule has 0 aliphatic carbocycles. The lowest BCUT2D eigenvalue weighted by atomic mass is 10.2. The van der Waals surface area contributed by atoms with Crippen molar-refractivity contribution in [1.29, 1.82) is 0 Å². The molecule has 1 aromatic carbocycles. The number of benzene rings is 1. The molecule has 0 radical (unpaired) electrons. The average molecular weight is 307 g/mol. The Balaban J connectivity index is 1.83. The number of nitrogens with zero attached hydrogens (tertiary/aromatic N) is 1. The van der Waals surface area contributed by atoms with Crippen molar-refractivity contribution in [1.82, 2.24) is 10.3 Å². The van der Waals surface area contributed by atoms with E-state index in [1.54, 1.807) is 23.5 Å². The molecule has 2 aromatic rings. The molecule has 112 valence electrons. The summed E-state index contributed by atoms with van der Waals surface area (Å²) in [4.78, 5) is 16.3. The van der Waals surface area contributed by atoms with Gasteiger partial charge in [0.25, 0.3) is 0 Å². The van der Waals surface area contributed by atoms with Gasteiger partial charge in [0.15, 0.2) is 0 Å². The Bertz CT molecular complexity index is 614. The predicted octanol–water partition coefficient (Wildman–Crippen LogP) is 3.13. The zero-order chi connectivity index (χ0) is 15.2. The van der Waals surface area contributed by atoms with E-state index >= 15 is 0 Å². The Morgan fingerprint density at radius 1 is 1.48 bits per heavy atom. The molecule has 0 saturated heterocycles. The van der Waals surface area contributed by atoms with Gasteiger partial charge in [-0.25, -0.2) is 9.37 Å². The van der Waals surface area contributed by atoms with E-state index in [4.69, 9.17) is 0 Å². The molecule has 4 nitrogen and oxygen atoms in total. The smallest absolute Gasteiger partial charge is 0.238 e. The van der Waals surface area contributed by atoms with Crippen LogP contribution in [0.4, 0.5) is 10.1 Å². The average Bonchev–Trinajstić information content (AvgIpc) is 2.94. The lowest BCUT2D eigenvalue weighted by Gasteiger charge is -2.11. The van der Waals surface area contributed by atoms with Crippen molar-refractivity contribution in [2.24, 2.45) is 0 Å². The zero-order valence-corrected chi connectivity index (χ0v) is 12.8. The number of nitrogens with one attached hydrogen (secondary N) is 2. The van der Waals surface area contributed by atoms with Gasteiger partial charge in [0.1, 0.15) is 5.82 Å². The highest BCUT2D eigenvalue weighted by Gasteiger charge is 2.11. The van der Waals surface area contributed by atoms with Crippen LogP contribution in [0.25, 0.3) is 0 Å². The van der Waals surface area contributed by atoms with Crippen LogP contribution in [0.1, 0.15) is 30.6 Å². The van der Waals surface area contributed by atoms with Crippen LogP contribution in [0.5, 0.6) is 0 Å². The summed E-state index contributed by atoms with van der Waals surface area (Å²) in [5.41, 5.74) is 1.40. The molecular formula is C15H18FN3OS. The third kappa shape index (κ3) is 4.61. The van der Waals surface area contributed by atoms with E-state index in [0.29, 0.717) is 5.69 Å². The lowest BCUT2D eigenvalue weighted by molar-refractivity contribution is -0.115. The third-order valence-corrected chi connectivity index (χ3v) is 4.00. The topological polar surface area (TPSA) is 54.0 Å². The summed E-state index contributed by atoms with van der Waals surface area (Å²) in [5, 5.41) is 8.84. The molecule has 0 saturated carbocycles. The molecular weight excluding hydrogens is 289 g/mol. The number of anilines is 1. The number of hydrogen-bond acceptors (Lipinski definition) is 4. The van der Waals surface area contributed by atoms with E-state index in [1.165, 1.54) is 12.1 Å². The van der Waals surface area contributed by atoms with Crippen LogP contribution in [0.3, 0.4) is 0 Å². The van der Waals surface area contributed by atoms with Crippen LogP contribution >= 0.6 is 11.3 Å². The first-order valence-corrected chi connectivity index (χ1v) is 7.69. The molecule has 1 heterocycles. The molecule has 6 heteroatoms. The van der Waals surface area contributed by atoms with Crippen LogP contribution < -0.4 is 10.6 Å². The van der Waals surface area contributed by atoms with Gasteiger partial charge in [0.2, 0.25) is 5.91 Å². The number of aryl methyl sites for hydroxylation is 1. The summed E-state index contributed by atoms with van der Waals surface area (Å²) in [6, 6.07) is 5.83. The SMILES string of the molecule is CCc1nc(C(C)NCC(=O)Nc2cccc(F)c2)cs1. The maximum absolute atomic E-state index is 13.0. The number of rotatable bonds is 6. The Kier molecular flexibility index (Phi) is 5.41. The van der Waals surface area contributed by atoms with Crippen molar-refractivity contribution in [2.75, 3.05) is 11.9 Å². The van der Waals surface area contributed by atoms with Crippen LogP contribution in [0.15, 0.2) is 29.6 Å². The molecule has 0 spiro atoms. The van der Waals surface area contributed by atoms with E-state index < -0.39 is 0 Å². The van der Waals surface area contributed by atoms with Crippen LogP contribution in [0.2, 0.25) is 0 Å². The van der Waals surface area contributed by atoms with Crippen molar-refractivity contribution in [3.63, 3.8) is 0 Å². The minimum absolute atomic E-state index is 0.000176. The number of aromatic nitrogens is 1. The van der Waals surface area contributed by atoms with Crippen molar-refractivity contribution < 1.29 is 9.18 Å². The van der Waals surface area contributed by atoms with Gasteiger partial charge in [-0.05, 0) is 31.5 Å². The molecule has 2 rings (SSSR count). The second-order valence-electron chi connectivity index (χ2n) is 4.68. The Morgan fingerprint density at radius 3 is 2.95 bits per heavy atom. The highest BCUT2D eigenvalue weighted by Crippen LogP contribution is 2.16. The summed E-state index contributed by atoms with van der Waals surface area (Å²) >= 11 is 1.62. The lowest BCUT2D eigenvalue weighted by Crippen LogP contribution is -2.30. The van der Waals surface area contributed by atoms with E-state index in [1.807, 2.05) is 12.3 Å². The Labute approximate surface area is 127 Å². The maximum atomic E-state index is 13.0. The second-order valence-corrected chi connectivity index (χ2v) is 5.62. The fourth-order valence-electron chi connectivity index (χ4n) is 1.81. The van der Waals surface area contributed by atoms with Gasteiger partial charge >= 0.3 is 0 Å². The molecule has 1 atom stereocenters. The summed E-state index contributed by atoms with van der Waals surface area (Å²) in [6.45, 7) is 4.17. The second kappa shape index (κ2) is 7.28. The molecule has 2 N–H and O–H groups in total. The van der Waals surface area contributed by atoms with Crippen molar-refractivity contribution in [2.45, 2.75) is 26.3 Å². The number of amides is 1. The molecule has 0 aliphatic rings. The highest BCUT2D eigenvalue weighted by molar-refractivity contribution is 7.09. The van der Waals surface area contributed by atoms with Gasteiger partial charge in [-0.15, -0.1) is 11.3 Å². The van der Waals surface area contributed by atoms with Crippen LogP contribution in [-0.4, -0.2) is 17.4 Å². The molecule has 0 aliphatic heterocycles. The first kappa shape index (κ1) is 15.6. The van der Waals surface area contributed by atoms with E-state index in [2.05, 4.69) is 22.5 Å². The summed E-state index contributed by atoms with van der Waals surface area (Å²) in [6.07, 6.45) is 0.914. The van der Waals surface area contributed by atoms with Gasteiger partial charge in [0.05, 0.1) is 17.2 Å². The van der Waals surface area contributed by atoms with Gasteiger partial charge in [0, 0.05) is 17.1 Å². The van der Waals surface area contributed by atoms with E-state index in [0.717, 1.165) is 17.1 Å². The number of carbonyl (C=O) groups excluding carboxylic acids is 1. The van der Waals surface area contributed by atoms with Gasteiger partial charge in [-0.1, -0.05) is 13.0 Å². The summed E-state index contributed by atoms with van der Waals surface area (Å²) in [7, 11) is 0. The minimum atomic E-state index is -0.372. The third-order valence-electron chi connectivity index (χ3n) is 2.99. The van der Waals surface area contributed by atoms with Gasteiger partial charge < -0.3 is 10.6 Å². The van der Waals surface area contributed by atoms with Crippen LogP contribution in [-0.2, 0) is 11.2 Å². The summed E-state index contributed by atoms with van der Waals surface area (Å²) in [5.74, 6) is -0.581. The molecule has 0 fully saturated rings. The molecule has 21 heavy (non-hydrogen) atoms. The number of carbonyl (C=O) groups is 1. The molecule has 0 bridgehead atoms. The Morgan fingerprint density at radius 2 is 2.29 bits per heavy atom. The van der Waals surface area contributed by atoms with Crippen molar-refractivity contribution in [3.05, 3.63) is 46.2 Å². The first-order chi connectivity index (χ1) is 10.1. The zero-order valence-electron chi connectivity index (χ0n) is 12.0. The Hall–Kier alpha value is -1.79. The fourth-order valence-corrected chi connectivity index (χ4v) is 2.65. The van der Waals surface area contributed by atoms with Gasteiger partial charge in [-0.2, -0.15) is 0 Å². The van der Waals surface area contributed by atoms with Crippen molar-refractivity contribution >= 4 is 22.9 Å². The maximum Gasteiger partial charge on any atom is 0.238 e. The predicted molar refractivity (Wildman–Crippen MR) is 82.9 cm³/mol. The standard InChI is InChI=1S/C15H18FN3OS/c1-3-15-19-13(9-21-15)10(2)17-8-14(20)18-12-6-4-5-11(16)7-12/h4-7,9-10,17H,3,8H2,1-2H3,(H,18,20). The quantitative estimate of drug-likeness (QED) is 0.862. The fraction of sp³-hybridized carbons (Fsp3) is 0.333. The first-order valence-electron chi connectivity index (χ1n) is 6.81. The van der Waals surface area contributed by atoms with Crippen molar-refractivity contribution in [3.8, 4) is 0 Å². The largest absolute Gasteiger partial charge is 0.325 e. The number of halogens is 1. The van der Waals surface area contributed by atoms with E-state index in [-0.39, 0.29) is 24.3 Å². The minimum Gasteiger partial charge on any atom is -0.325 e. The monoisotopic (exact) mass is 307 g/mol. The highest BCUT2D eigenvalue weighted by atomic mass is 32.1. The normalized spacial score (nSPS) is 12.1. The van der Waals surface area contributed by atoms with Crippen LogP contribution in [0, 0.1) is 5.82 Å². The number of hydrogen-bond donors (Lipinski definition) is 2. The molecule has 1 unspecified atom stereocenters.